The van der Waals surface area contributed by atoms with Crippen LogP contribution < -0.4 is 15.6 Å². The lowest BCUT2D eigenvalue weighted by Gasteiger charge is -2.14. The number of nitrogens with one attached hydrogen (secondary N) is 1. The highest BCUT2D eigenvalue weighted by Gasteiger charge is 2.20. The van der Waals surface area contributed by atoms with E-state index in [1.54, 1.807) is 19.2 Å². The maximum absolute atomic E-state index is 13.7. The van der Waals surface area contributed by atoms with Gasteiger partial charge in [-0.05, 0) is 61.4 Å². The number of ether oxygens (including phenoxy) is 1. The minimum Gasteiger partial charge on any atom is -0.495 e. The van der Waals surface area contributed by atoms with E-state index in [2.05, 4.69) is 5.32 Å². The molecule has 0 aliphatic heterocycles. The fourth-order valence-electron chi connectivity index (χ4n) is 4.09. The highest BCUT2D eigenvalue weighted by atomic mass is 32.2. The number of anilines is 1. The average Bonchev–Trinajstić information content (AvgIpc) is 3.21. The summed E-state index contributed by atoms with van der Waals surface area (Å²) in [4.78, 5) is 31.3. The molecule has 0 unspecified atom stereocenters. The van der Waals surface area contributed by atoms with E-state index in [4.69, 9.17) is 14.1 Å². The van der Waals surface area contributed by atoms with Crippen LogP contribution in [0.1, 0.15) is 11.1 Å². The van der Waals surface area contributed by atoms with Gasteiger partial charge in [-0.1, -0.05) is 42.1 Å². The summed E-state index contributed by atoms with van der Waals surface area (Å²) in [7, 11) is 1.55. The molecule has 0 spiro atoms. The molecule has 8 heteroatoms. The van der Waals surface area contributed by atoms with E-state index in [9.17, 15) is 9.59 Å². The lowest BCUT2D eigenvalue weighted by atomic mass is 10.1. The Morgan fingerprint density at radius 3 is 2.54 bits per heavy atom. The first-order valence-corrected chi connectivity index (χ1v) is 12.0. The number of hydrogen-bond acceptors (Lipinski definition) is 6. The van der Waals surface area contributed by atoms with E-state index >= 15 is 0 Å². The Labute approximate surface area is 205 Å². The van der Waals surface area contributed by atoms with E-state index in [0.29, 0.717) is 33.4 Å². The molecular formula is C27H23N3O4S. The van der Waals surface area contributed by atoms with Crippen LogP contribution in [-0.2, 0) is 4.79 Å². The van der Waals surface area contributed by atoms with Crippen molar-refractivity contribution in [1.82, 2.24) is 9.55 Å². The van der Waals surface area contributed by atoms with Crippen LogP contribution in [0, 0.1) is 13.8 Å². The van der Waals surface area contributed by atoms with Gasteiger partial charge in [-0.25, -0.2) is 4.98 Å². The molecule has 3 aromatic carbocycles. The largest absolute Gasteiger partial charge is 0.495 e. The van der Waals surface area contributed by atoms with Gasteiger partial charge in [0.05, 0.1) is 24.2 Å². The number of furan rings is 1. The molecule has 0 aliphatic carbocycles. The second kappa shape index (κ2) is 9.31. The number of carbonyl (C=O) groups is 1. The standard InChI is InChI=1S/C27H23N3O4S/c1-16-12-17(2)14-18(13-16)30-26(32)25-24(19-8-4-6-10-21(19)34-25)29-27(30)35-15-23(31)28-20-9-5-7-11-22(20)33-3/h4-14H,15H2,1-3H3,(H,28,31). The van der Waals surface area contributed by atoms with Crippen LogP contribution in [-0.4, -0.2) is 28.3 Å². The Morgan fingerprint density at radius 1 is 1.06 bits per heavy atom. The van der Waals surface area contributed by atoms with Crippen molar-refractivity contribution in [2.24, 2.45) is 0 Å². The molecule has 0 aliphatic rings. The molecule has 2 aromatic heterocycles. The number of amides is 1. The summed E-state index contributed by atoms with van der Waals surface area (Å²) < 4.78 is 12.7. The minimum atomic E-state index is -0.316. The molecule has 35 heavy (non-hydrogen) atoms. The molecule has 2 heterocycles. The Bertz CT molecular complexity index is 1620. The summed E-state index contributed by atoms with van der Waals surface area (Å²) in [5.41, 5.74) is 4.24. The lowest BCUT2D eigenvalue weighted by molar-refractivity contribution is -0.113. The molecule has 0 radical (unpaired) electrons. The molecule has 1 amide bonds. The number of benzene rings is 3. The summed E-state index contributed by atoms with van der Waals surface area (Å²) in [6.07, 6.45) is 0. The predicted octanol–water partition coefficient (Wildman–Crippen LogP) is 5.49. The van der Waals surface area contributed by atoms with Crippen LogP contribution in [0.3, 0.4) is 0 Å². The van der Waals surface area contributed by atoms with Crippen molar-refractivity contribution >= 4 is 45.4 Å². The number of aromatic nitrogens is 2. The first-order valence-electron chi connectivity index (χ1n) is 11.0. The van der Waals surface area contributed by atoms with Crippen molar-refractivity contribution in [3.8, 4) is 11.4 Å². The van der Waals surface area contributed by atoms with Crippen molar-refractivity contribution in [3.63, 3.8) is 0 Å². The number of fused-ring (bicyclic) bond motifs is 3. The smallest absolute Gasteiger partial charge is 0.302 e. The van der Waals surface area contributed by atoms with E-state index in [0.717, 1.165) is 16.5 Å². The van der Waals surface area contributed by atoms with Gasteiger partial charge in [-0.3, -0.25) is 14.2 Å². The van der Waals surface area contributed by atoms with E-state index in [1.807, 2.05) is 68.4 Å². The van der Waals surface area contributed by atoms with E-state index in [1.165, 1.54) is 16.3 Å². The topological polar surface area (TPSA) is 86.4 Å². The Hall–Kier alpha value is -4.04. The zero-order chi connectivity index (χ0) is 24.5. The molecule has 176 valence electrons. The number of methoxy groups -OCH3 is 1. The average molecular weight is 486 g/mol. The Balaban J connectivity index is 1.58. The summed E-state index contributed by atoms with van der Waals surface area (Å²) >= 11 is 1.19. The van der Waals surface area contributed by atoms with Gasteiger partial charge in [0.25, 0.3) is 0 Å². The van der Waals surface area contributed by atoms with Crippen molar-refractivity contribution in [1.29, 1.82) is 0 Å². The van der Waals surface area contributed by atoms with Gasteiger partial charge in [0.1, 0.15) is 16.8 Å². The molecular weight excluding hydrogens is 462 g/mol. The number of rotatable bonds is 6. The molecule has 0 atom stereocenters. The van der Waals surface area contributed by atoms with Gasteiger partial charge >= 0.3 is 5.56 Å². The van der Waals surface area contributed by atoms with Crippen LogP contribution in [0.5, 0.6) is 5.75 Å². The molecule has 5 rings (SSSR count). The van der Waals surface area contributed by atoms with Gasteiger partial charge in [-0.2, -0.15) is 0 Å². The lowest BCUT2D eigenvalue weighted by Crippen LogP contribution is -2.22. The summed E-state index contributed by atoms with van der Waals surface area (Å²) in [5.74, 6) is 0.386. The summed E-state index contributed by atoms with van der Waals surface area (Å²) in [5, 5.41) is 4.04. The number of hydrogen-bond donors (Lipinski definition) is 1. The molecule has 0 saturated heterocycles. The van der Waals surface area contributed by atoms with Crippen LogP contribution in [0.2, 0.25) is 0 Å². The minimum absolute atomic E-state index is 0.0522. The van der Waals surface area contributed by atoms with Crippen LogP contribution in [0.4, 0.5) is 5.69 Å². The molecule has 1 N–H and O–H groups in total. The van der Waals surface area contributed by atoms with Crippen molar-refractivity contribution in [2.75, 3.05) is 18.2 Å². The first kappa shape index (κ1) is 22.7. The molecule has 7 nitrogen and oxygen atoms in total. The summed E-state index contributed by atoms with van der Waals surface area (Å²) in [6.45, 7) is 3.95. The van der Waals surface area contributed by atoms with E-state index < -0.39 is 0 Å². The molecule has 5 aromatic rings. The highest BCUT2D eigenvalue weighted by Crippen LogP contribution is 2.29. The molecule has 0 fully saturated rings. The quantitative estimate of drug-likeness (QED) is 0.253. The number of aryl methyl sites for hydroxylation is 2. The third kappa shape index (κ3) is 4.40. The SMILES string of the molecule is COc1ccccc1NC(=O)CSc1nc2c(oc3ccccc32)c(=O)n1-c1cc(C)cc(C)c1. The van der Waals surface area contributed by atoms with Crippen LogP contribution in [0.15, 0.2) is 81.1 Å². The first-order chi connectivity index (χ1) is 16.9. The van der Waals surface area contributed by atoms with Gasteiger partial charge in [0, 0.05) is 5.39 Å². The Kier molecular flexibility index (Phi) is 6.05. The normalized spacial score (nSPS) is 11.2. The highest BCUT2D eigenvalue weighted by molar-refractivity contribution is 7.99. The second-order valence-corrected chi connectivity index (χ2v) is 9.14. The fraction of sp³-hybridized carbons (Fsp3) is 0.148. The van der Waals surface area contributed by atoms with Gasteiger partial charge < -0.3 is 14.5 Å². The summed E-state index contributed by atoms with van der Waals surface area (Å²) in [6, 6.07) is 20.5. The third-order valence-corrected chi connectivity index (χ3v) is 6.48. The third-order valence-electron chi connectivity index (χ3n) is 5.54. The predicted molar refractivity (Wildman–Crippen MR) is 139 cm³/mol. The zero-order valence-electron chi connectivity index (χ0n) is 19.5. The Morgan fingerprint density at radius 2 is 1.77 bits per heavy atom. The maximum atomic E-state index is 13.7. The van der Waals surface area contributed by atoms with Crippen LogP contribution in [0.25, 0.3) is 27.8 Å². The maximum Gasteiger partial charge on any atom is 0.302 e. The molecule has 0 bridgehead atoms. The monoisotopic (exact) mass is 485 g/mol. The van der Waals surface area contributed by atoms with Gasteiger partial charge in [0.15, 0.2) is 5.16 Å². The second-order valence-electron chi connectivity index (χ2n) is 8.19. The fourth-order valence-corrected chi connectivity index (χ4v) is 4.90. The van der Waals surface area contributed by atoms with Gasteiger partial charge in [-0.15, -0.1) is 0 Å². The zero-order valence-corrected chi connectivity index (χ0v) is 20.3. The number of nitrogens with zero attached hydrogens (tertiary/aromatic N) is 2. The number of para-hydroxylation sites is 3. The molecule has 0 saturated carbocycles. The van der Waals surface area contributed by atoms with Crippen molar-refractivity contribution in [3.05, 3.63) is 88.2 Å². The van der Waals surface area contributed by atoms with Crippen molar-refractivity contribution in [2.45, 2.75) is 19.0 Å². The van der Waals surface area contributed by atoms with Gasteiger partial charge in [0.2, 0.25) is 11.5 Å². The number of carbonyl (C=O) groups excluding carboxylic acids is 1. The van der Waals surface area contributed by atoms with Crippen LogP contribution >= 0.6 is 11.8 Å². The van der Waals surface area contributed by atoms with E-state index in [-0.39, 0.29) is 22.8 Å². The van der Waals surface area contributed by atoms with Crippen molar-refractivity contribution < 1.29 is 13.9 Å². The number of thioether (sulfide) groups is 1.